The average molecular weight is 470 g/mol. The molecule has 2 atom stereocenters. The molecule has 7 heteroatoms. The van der Waals surface area contributed by atoms with Crippen LogP contribution in [0.3, 0.4) is 0 Å². The fourth-order valence-corrected chi connectivity index (χ4v) is 4.62. The summed E-state index contributed by atoms with van der Waals surface area (Å²) in [7, 11) is 0. The first-order valence-electron chi connectivity index (χ1n) is 11.3. The summed E-state index contributed by atoms with van der Waals surface area (Å²) >= 11 is 0. The number of ether oxygens (including phenoxy) is 1. The third-order valence-electron chi connectivity index (χ3n) is 6.17. The Labute approximate surface area is 196 Å². The van der Waals surface area contributed by atoms with Crippen molar-refractivity contribution >= 4 is 5.97 Å². The predicted octanol–water partition coefficient (Wildman–Crippen LogP) is 6.31. The second kappa shape index (κ2) is 10.3. The first-order valence-corrected chi connectivity index (χ1v) is 11.3. The highest BCUT2D eigenvalue weighted by molar-refractivity contribution is 5.74. The van der Waals surface area contributed by atoms with Crippen LogP contribution in [0.5, 0.6) is 5.75 Å². The third-order valence-corrected chi connectivity index (χ3v) is 6.17. The van der Waals surface area contributed by atoms with Gasteiger partial charge in [0.1, 0.15) is 18.4 Å². The standard InChI is InChI=1S/C27H26F3NO3/c28-27(29,30)22-14-6-4-12-20(22)25(31-17-9-8-15-23(31)26(32)33)21-13-5-7-16-24(21)34-18-19-10-2-1-3-11-19/h1-7,10-14,16,23,25H,8-9,15,17-18H2,(H,32,33). The van der Waals surface area contributed by atoms with Crippen molar-refractivity contribution in [2.45, 2.75) is 44.1 Å². The van der Waals surface area contributed by atoms with Crippen LogP contribution in [-0.2, 0) is 17.6 Å². The van der Waals surface area contributed by atoms with Crippen LogP contribution in [0.15, 0.2) is 78.9 Å². The molecule has 178 valence electrons. The Morgan fingerprint density at radius 1 is 0.941 bits per heavy atom. The fraction of sp³-hybridized carbons (Fsp3) is 0.296. The zero-order valence-electron chi connectivity index (χ0n) is 18.5. The van der Waals surface area contributed by atoms with Crippen LogP contribution in [0.4, 0.5) is 13.2 Å². The van der Waals surface area contributed by atoms with Gasteiger partial charge >= 0.3 is 12.1 Å². The second-order valence-electron chi connectivity index (χ2n) is 8.39. The number of rotatable bonds is 7. The van der Waals surface area contributed by atoms with E-state index in [4.69, 9.17) is 4.74 Å². The van der Waals surface area contributed by atoms with Crippen molar-refractivity contribution in [3.8, 4) is 5.75 Å². The lowest BCUT2D eigenvalue weighted by Crippen LogP contribution is -2.47. The number of carboxylic acid groups (broad SMARTS) is 1. The summed E-state index contributed by atoms with van der Waals surface area (Å²) in [4.78, 5) is 13.8. The molecule has 1 saturated heterocycles. The molecule has 0 aromatic heterocycles. The van der Waals surface area contributed by atoms with Crippen molar-refractivity contribution in [1.82, 2.24) is 4.90 Å². The number of alkyl halides is 3. The molecule has 34 heavy (non-hydrogen) atoms. The Balaban J connectivity index is 1.83. The van der Waals surface area contributed by atoms with Gasteiger partial charge in [0.2, 0.25) is 0 Å². The smallest absolute Gasteiger partial charge is 0.416 e. The van der Waals surface area contributed by atoms with Crippen molar-refractivity contribution in [3.63, 3.8) is 0 Å². The van der Waals surface area contributed by atoms with Gasteiger partial charge in [0, 0.05) is 5.56 Å². The van der Waals surface area contributed by atoms with Crippen molar-refractivity contribution in [2.24, 2.45) is 0 Å². The number of hydrogen-bond acceptors (Lipinski definition) is 3. The molecule has 0 aliphatic carbocycles. The topological polar surface area (TPSA) is 49.8 Å². The number of benzene rings is 3. The van der Waals surface area contributed by atoms with E-state index >= 15 is 0 Å². The SMILES string of the molecule is O=C(O)C1CCCCN1C(c1ccccc1OCc1ccccc1)c1ccccc1C(F)(F)F. The summed E-state index contributed by atoms with van der Waals surface area (Å²) in [5.74, 6) is -0.597. The zero-order chi connectivity index (χ0) is 24.1. The van der Waals surface area contributed by atoms with E-state index in [2.05, 4.69) is 0 Å². The number of para-hydroxylation sites is 1. The van der Waals surface area contributed by atoms with Gasteiger partial charge < -0.3 is 9.84 Å². The zero-order valence-corrected chi connectivity index (χ0v) is 18.5. The molecule has 2 unspecified atom stereocenters. The van der Waals surface area contributed by atoms with E-state index in [9.17, 15) is 23.1 Å². The van der Waals surface area contributed by atoms with Gasteiger partial charge in [-0.3, -0.25) is 9.69 Å². The third kappa shape index (κ3) is 5.25. The molecule has 1 heterocycles. The largest absolute Gasteiger partial charge is 0.489 e. The number of hydrogen-bond donors (Lipinski definition) is 1. The molecule has 1 aliphatic heterocycles. The van der Waals surface area contributed by atoms with Gasteiger partial charge in [-0.25, -0.2) is 0 Å². The maximum atomic E-state index is 14.1. The molecule has 1 N–H and O–H groups in total. The molecule has 3 aromatic rings. The van der Waals surface area contributed by atoms with Crippen LogP contribution in [0, 0.1) is 0 Å². The van der Waals surface area contributed by atoms with Gasteiger partial charge in [-0.05, 0) is 42.6 Å². The lowest BCUT2D eigenvalue weighted by atomic mass is 9.88. The molecule has 1 fully saturated rings. The maximum Gasteiger partial charge on any atom is 0.416 e. The minimum absolute atomic E-state index is 0.0268. The molecular weight excluding hydrogens is 443 g/mol. The molecule has 0 amide bonds. The molecule has 0 bridgehead atoms. The van der Waals surface area contributed by atoms with Crippen molar-refractivity contribution in [2.75, 3.05) is 6.54 Å². The highest BCUT2D eigenvalue weighted by atomic mass is 19.4. The van der Waals surface area contributed by atoms with E-state index in [-0.39, 0.29) is 12.2 Å². The Kier molecular flexibility index (Phi) is 7.22. The van der Waals surface area contributed by atoms with Crippen molar-refractivity contribution in [3.05, 3.63) is 101 Å². The number of nitrogens with zero attached hydrogens (tertiary/aromatic N) is 1. The minimum atomic E-state index is -4.58. The summed E-state index contributed by atoms with van der Waals surface area (Å²) in [6, 6.07) is 20.0. The Morgan fingerprint density at radius 2 is 1.59 bits per heavy atom. The Bertz CT molecular complexity index is 1120. The van der Waals surface area contributed by atoms with Crippen LogP contribution in [0.25, 0.3) is 0 Å². The molecule has 0 saturated carbocycles. The van der Waals surface area contributed by atoms with E-state index in [1.54, 1.807) is 35.2 Å². The van der Waals surface area contributed by atoms with Gasteiger partial charge in [-0.2, -0.15) is 13.2 Å². The molecule has 0 radical (unpaired) electrons. The van der Waals surface area contributed by atoms with Crippen LogP contribution < -0.4 is 4.74 Å². The van der Waals surface area contributed by atoms with Crippen LogP contribution >= 0.6 is 0 Å². The molecule has 4 nitrogen and oxygen atoms in total. The van der Waals surface area contributed by atoms with Gasteiger partial charge in [0.05, 0.1) is 11.6 Å². The van der Waals surface area contributed by atoms with E-state index in [1.807, 2.05) is 30.3 Å². The molecular formula is C27H26F3NO3. The van der Waals surface area contributed by atoms with Crippen LogP contribution in [0.2, 0.25) is 0 Å². The number of aliphatic carboxylic acids is 1. The summed E-state index contributed by atoms with van der Waals surface area (Å²) in [6.07, 6.45) is -2.77. The normalized spacial score (nSPS) is 17.8. The van der Waals surface area contributed by atoms with E-state index in [0.717, 1.165) is 11.6 Å². The van der Waals surface area contributed by atoms with Crippen molar-refractivity contribution in [1.29, 1.82) is 0 Å². The van der Waals surface area contributed by atoms with E-state index < -0.39 is 29.8 Å². The minimum Gasteiger partial charge on any atom is -0.489 e. The molecule has 1 aliphatic rings. The van der Waals surface area contributed by atoms with E-state index in [1.165, 1.54) is 12.1 Å². The lowest BCUT2D eigenvalue weighted by Gasteiger charge is -2.40. The number of carbonyl (C=O) groups is 1. The Hall–Kier alpha value is -3.32. The number of carboxylic acids is 1. The highest BCUT2D eigenvalue weighted by Gasteiger charge is 2.41. The number of likely N-dealkylation sites (tertiary alicyclic amines) is 1. The lowest BCUT2D eigenvalue weighted by molar-refractivity contribution is -0.145. The molecule has 4 rings (SSSR count). The van der Waals surface area contributed by atoms with Crippen LogP contribution in [0.1, 0.15) is 47.6 Å². The van der Waals surface area contributed by atoms with Gasteiger partial charge in [-0.15, -0.1) is 0 Å². The van der Waals surface area contributed by atoms with Gasteiger partial charge in [0.15, 0.2) is 0 Å². The monoisotopic (exact) mass is 469 g/mol. The first kappa shape index (κ1) is 23.8. The average Bonchev–Trinajstić information content (AvgIpc) is 2.84. The summed E-state index contributed by atoms with van der Waals surface area (Å²) < 4.78 is 48.2. The fourth-order valence-electron chi connectivity index (χ4n) is 4.62. The van der Waals surface area contributed by atoms with Crippen LogP contribution in [-0.4, -0.2) is 28.6 Å². The van der Waals surface area contributed by atoms with Crippen molar-refractivity contribution < 1.29 is 27.8 Å². The predicted molar refractivity (Wildman–Crippen MR) is 122 cm³/mol. The molecule has 0 spiro atoms. The van der Waals surface area contributed by atoms with Gasteiger partial charge in [-0.1, -0.05) is 73.2 Å². The second-order valence-corrected chi connectivity index (χ2v) is 8.39. The first-order chi connectivity index (χ1) is 16.4. The quantitative estimate of drug-likeness (QED) is 0.440. The summed E-state index contributed by atoms with van der Waals surface area (Å²) in [5, 5.41) is 9.91. The van der Waals surface area contributed by atoms with Gasteiger partial charge in [0.25, 0.3) is 0 Å². The number of halogens is 3. The maximum absolute atomic E-state index is 14.1. The summed E-state index contributed by atoms with van der Waals surface area (Å²) in [5.41, 5.74) is 0.695. The summed E-state index contributed by atoms with van der Waals surface area (Å²) in [6.45, 7) is 0.620. The highest BCUT2D eigenvalue weighted by Crippen LogP contribution is 2.43. The van der Waals surface area contributed by atoms with E-state index in [0.29, 0.717) is 37.1 Å². The number of piperidine rings is 1. The molecule has 3 aromatic carbocycles. The Morgan fingerprint density at radius 3 is 2.29 bits per heavy atom.